The molecule has 0 bridgehead atoms. The Hall–Kier alpha value is -2.54. The number of carbonyl (C=O) groups is 1. The molecule has 1 aromatic carbocycles. The number of benzene rings is 1. The van der Waals surface area contributed by atoms with Gasteiger partial charge < -0.3 is 4.74 Å². The van der Waals surface area contributed by atoms with Crippen LogP contribution in [0.25, 0.3) is 11.3 Å². The average molecular weight is 345 g/mol. The van der Waals surface area contributed by atoms with Gasteiger partial charge >= 0.3 is 5.97 Å². The minimum absolute atomic E-state index is 0.272. The van der Waals surface area contributed by atoms with Crippen molar-refractivity contribution in [3.8, 4) is 11.3 Å². The van der Waals surface area contributed by atoms with Crippen LogP contribution in [0.1, 0.15) is 27.9 Å². The Kier molecular flexibility index (Phi) is 4.71. The molecule has 0 aliphatic rings. The summed E-state index contributed by atoms with van der Waals surface area (Å²) in [5.41, 5.74) is 2.75. The van der Waals surface area contributed by atoms with E-state index in [1.807, 2.05) is 18.4 Å². The highest BCUT2D eigenvalue weighted by molar-refractivity contribution is 7.09. The predicted octanol–water partition coefficient (Wildman–Crippen LogP) is 3.68. The molecule has 0 unspecified atom stereocenters. The highest BCUT2D eigenvalue weighted by atomic mass is 32.1. The predicted molar refractivity (Wildman–Crippen MR) is 89.5 cm³/mol. The van der Waals surface area contributed by atoms with E-state index in [4.69, 9.17) is 4.74 Å². The number of carbonyl (C=O) groups excluding carboxylic acids is 1. The van der Waals surface area contributed by atoms with E-state index in [-0.39, 0.29) is 11.8 Å². The van der Waals surface area contributed by atoms with Gasteiger partial charge in [-0.05, 0) is 37.6 Å². The van der Waals surface area contributed by atoms with Crippen LogP contribution in [0.2, 0.25) is 0 Å². The molecule has 0 saturated carbocycles. The maximum atomic E-state index is 13.5. The molecule has 5 nitrogen and oxygen atoms in total. The van der Waals surface area contributed by atoms with Crippen molar-refractivity contribution in [1.82, 2.24) is 14.8 Å². The van der Waals surface area contributed by atoms with Gasteiger partial charge in [-0.25, -0.2) is 14.2 Å². The van der Waals surface area contributed by atoms with E-state index in [0.717, 1.165) is 21.8 Å². The Morgan fingerprint density at radius 1 is 1.38 bits per heavy atom. The molecule has 0 N–H and O–H groups in total. The van der Waals surface area contributed by atoms with Gasteiger partial charge in [-0.15, -0.1) is 11.3 Å². The van der Waals surface area contributed by atoms with Crippen LogP contribution < -0.4 is 0 Å². The summed E-state index contributed by atoms with van der Waals surface area (Å²) in [5.74, 6) is -0.662. The smallest absolute Gasteiger partial charge is 0.341 e. The van der Waals surface area contributed by atoms with E-state index in [1.54, 1.807) is 17.8 Å². The lowest BCUT2D eigenvalue weighted by Gasteiger charge is -2.00. The van der Waals surface area contributed by atoms with Gasteiger partial charge in [0.1, 0.15) is 10.8 Å². The normalized spacial score (nSPS) is 10.8. The van der Waals surface area contributed by atoms with Crippen molar-refractivity contribution in [3.05, 3.63) is 57.9 Å². The molecule has 3 aromatic rings. The quantitative estimate of drug-likeness (QED) is 0.662. The highest BCUT2D eigenvalue weighted by Crippen LogP contribution is 2.24. The monoisotopic (exact) mass is 345 g/mol. The number of aromatic nitrogens is 3. The summed E-state index contributed by atoms with van der Waals surface area (Å²) in [7, 11) is 0. The molecule has 124 valence electrons. The van der Waals surface area contributed by atoms with Crippen molar-refractivity contribution in [2.45, 2.75) is 20.4 Å². The molecule has 0 spiro atoms. The zero-order valence-electron chi connectivity index (χ0n) is 13.3. The number of hydrogen-bond acceptors (Lipinski definition) is 5. The molecular formula is C17H16FN3O2S. The first kappa shape index (κ1) is 16.3. The minimum Gasteiger partial charge on any atom is -0.462 e. The molecule has 0 aliphatic heterocycles. The van der Waals surface area contributed by atoms with Gasteiger partial charge in [-0.3, -0.25) is 4.68 Å². The van der Waals surface area contributed by atoms with Crippen LogP contribution in [0, 0.1) is 12.7 Å². The average Bonchev–Trinajstić information content (AvgIpc) is 3.16. The summed E-state index contributed by atoms with van der Waals surface area (Å²) in [6, 6.07) is 4.85. The summed E-state index contributed by atoms with van der Waals surface area (Å²) in [5, 5.41) is 6.86. The SMILES string of the molecule is CCOC(=O)c1cnn(Cc2nc(-c3cc(C)cc(F)c3)cs2)c1. The van der Waals surface area contributed by atoms with Crippen molar-refractivity contribution in [2.24, 2.45) is 0 Å². The number of rotatable bonds is 5. The van der Waals surface area contributed by atoms with E-state index < -0.39 is 0 Å². The van der Waals surface area contributed by atoms with Crippen molar-refractivity contribution >= 4 is 17.3 Å². The van der Waals surface area contributed by atoms with Crippen LogP contribution in [0.5, 0.6) is 0 Å². The zero-order valence-corrected chi connectivity index (χ0v) is 14.1. The van der Waals surface area contributed by atoms with Crippen LogP contribution >= 0.6 is 11.3 Å². The van der Waals surface area contributed by atoms with Gasteiger partial charge in [0.05, 0.1) is 30.6 Å². The second-order valence-corrected chi connectivity index (χ2v) is 6.23. The molecule has 0 aliphatic carbocycles. The van der Waals surface area contributed by atoms with E-state index >= 15 is 0 Å². The summed E-state index contributed by atoms with van der Waals surface area (Å²) in [6.07, 6.45) is 3.11. The molecule has 0 radical (unpaired) electrons. The van der Waals surface area contributed by atoms with E-state index in [1.165, 1.54) is 29.7 Å². The maximum absolute atomic E-state index is 13.5. The van der Waals surface area contributed by atoms with Gasteiger partial charge in [0.15, 0.2) is 0 Å². The Morgan fingerprint density at radius 2 is 2.21 bits per heavy atom. The van der Waals surface area contributed by atoms with Crippen molar-refractivity contribution in [1.29, 1.82) is 0 Å². The Bertz CT molecular complexity index is 852. The van der Waals surface area contributed by atoms with E-state index in [9.17, 15) is 9.18 Å². The minimum atomic E-state index is -0.390. The van der Waals surface area contributed by atoms with Crippen molar-refractivity contribution < 1.29 is 13.9 Å². The fourth-order valence-corrected chi connectivity index (χ4v) is 3.10. The van der Waals surface area contributed by atoms with E-state index in [2.05, 4.69) is 10.1 Å². The van der Waals surface area contributed by atoms with Crippen LogP contribution in [-0.4, -0.2) is 27.3 Å². The third-order valence-corrected chi connectivity index (χ3v) is 4.16. The number of hydrogen-bond donors (Lipinski definition) is 0. The first-order valence-electron chi connectivity index (χ1n) is 7.46. The molecule has 24 heavy (non-hydrogen) atoms. The molecule has 0 amide bonds. The second-order valence-electron chi connectivity index (χ2n) is 5.29. The molecule has 2 heterocycles. The van der Waals surface area contributed by atoms with Crippen LogP contribution in [0.3, 0.4) is 0 Å². The maximum Gasteiger partial charge on any atom is 0.341 e. The molecule has 3 rings (SSSR count). The van der Waals surface area contributed by atoms with Crippen LogP contribution in [0.15, 0.2) is 36.0 Å². The lowest BCUT2D eigenvalue weighted by molar-refractivity contribution is 0.0526. The number of halogens is 1. The summed E-state index contributed by atoms with van der Waals surface area (Å²) in [4.78, 5) is 16.2. The number of ether oxygens (including phenoxy) is 1. The zero-order chi connectivity index (χ0) is 17.1. The molecule has 7 heteroatoms. The molecule has 0 atom stereocenters. The summed E-state index contributed by atoms with van der Waals surface area (Å²) < 4.78 is 20.1. The number of thiazole rings is 1. The molecule has 0 fully saturated rings. The van der Waals surface area contributed by atoms with Gasteiger partial charge in [0.25, 0.3) is 0 Å². The third kappa shape index (κ3) is 3.68. The fraction of sp³-hybridized carbons (Fsp3) is 0.235. The van der Waals surface area contributed by atoms with Gasteiger partial charge in [0, 0.05) is 17.1 Å². The Morgan fingerprint density at radius 3 is 2.96 bits per heavy atom. The molecule has 2 aromatic heterocycles. The Labute approximate surface area is 142 Å². The first-order chi connectivity index (χ1) is 11.5. The lowest BCUT2D eigenvalue weighted by Crippen LogP contribution is -2.04. The van der Waals surface area contributed by atoms with Gasteiger partial charge in [0.2, 0.25) is 0 Å². The van der Waals surface area contributed by atoms with Crippen LogP contribution in [-0.2, 0) is 11.3 Å². The second kappa shape index (κ2) is 6.92. The number of esters is 1. The topological polar surface area (TPSA) is 57.0 Å². The van der Waals surface area contributed by atoms with Gasteiger partial charge in [-0.1, -0.05) is 0 Å². The van der Waals surface area contributed by atoms with Crippen LogP contribution in [0.4, 0.5) is 4.39 Å². The largest absolute Gasteiger partial charge is 0.462 e. The molecule has 0 saturated heterocycles. The molecular weight excluding hydrogens is 329 g/mol. The van der Waals surface area contributed by atoms with Gasteiger partial charge in [-0.2, -0.15) is 5.10 Å². The third-order valence-electron chi connectivity index (χ3n) is 3.33. The standard InChI is InChI=1S/C17H16FN3O2S/c1-3-23-17(22)13-7-19-21(8-13)9-16-20-15(10-24-16)12-4-11(2)5-14(18)6-12/h4-8,10H,3,9H2,1-2H3. The van der Waals surface area contributed by atoms with E-state index in [0.29, 0.717) is 18.7 Å². The van der Waals surface area contributed by atoms with Crippen molar-refractivity contribution in [3.63, 3.8) is 0 Å². The summed E-state index contributed by atoms with van der Waals surface area (Å²) in [6.45, 7) is 4.37. The summed E-state index contributed by atoms with van der Waals surface area (Å²) >= 11 is 1.47. The van der Waals surface area contributed by atoms with Crippen molar-refractivity contribution in [2.75, 3.05) is 6.61 Å². The Balaban J connectivity index is 1.75. The highest BCUT2D eigenvalue weighted by Gasteiger charge is 2.11. The number of nitrogens with zero attached hydrogens (tertiary/aromatic N) is 3. The number of aryl methyl sites for hydroxylation is 1. The fourth-order valence-electron chi connectivity index (χ4n) is 2.31. The first-order valence-corrected chi connectivity index (χ1v) is 8.34. The lowest BCUT2D eigenvalue weighted by atomic mass is 10.1.